The molecular formula is C21H27FN6O4S2. The smallest absolute Gasteiger partial charge is 0.282 e. The average molecular weight is 511 g/mol. The van der Waals surface area contributed by atoms with Crippen LogP contribution in [0.15, 0.2) is 40.6 Å². The summed E-state index contributed by atoms with van der Waals surface area (Å²) in [4.78, 5) is 12.8. The van der Waals surface area contributed by atoms with E-state index >= 15 is 0 Å². The molecule has 0 saturated carbocycles. The number of thioether (sulfide) groups is 1. The summed E-state index contributed by atoms with van der Waals surface area (Å²) in [5.74, 6) is 0.708. The van der Waals surface area contributed by atoms with Crippen molar-refractivity contribution in [2.45, 2.75) is 42.2 Å². The van der Waals surface area contributed by atoms with Gasteiger partial charge in [0.2, 0.25) is 0 Å². The zero-order valence-electron chi connectivity index (χ0n) is 19.2. The highest BCUT2D eigenvalue weighted by Gasteiger charge is 2.21. The molecule has 0 amide bonds. The number of methoxy groups -OCH3 is 1. The van der Waals surface area contributed by atoms with E-state index in [1.807, 2.05) is 6.92 Å². The summed E-state index contributed by atoms with van der Waals surface area (Å²) in [6.45, 7) is 3.45. The number of aryl methyl sites for hydroxylation is 2. The number of hydrogen-bond donors (Lipinski definition) is 3. The summed E-state index contributed by atoms with van der Waals surface area (Å²) in [7, 11) is -0.922. The number of ether oxygens (including phenoxy) is 1. The van der Waals surface area contributed by atoms with Crippen molar-refractivity contribution < 1.29 is 22.7 Å². The van der Waals surface area contributed by atoms with Crippen LogP contribution < -0.4 is 14.8 Å². The monoisotopic (exact) mass is 510 g/mol. The fourth-order valence-electron chi connectivity index (χ4n) is 2.92. The van der Waals surface area contributed by atoms with Crippen molar-refractivity contribution in [2.75, 3.05) is 23.8 Å². The first-order valence-corrected chi connectivity index (χ1v) is 12.9. The quantitative estimate of drug-likeness (QED) is 0.263. The summed E-state index contributed by atoms with van der Waals surface area (Å²) in [6, 6.07) is 5.97. The zero-order chi connectivity index (χ0) is 24.9. The number of hydrogen-bond acceptors (Lipinski definition) is 9. The van der Waals surface area contributed by atoms with Crippen molar-refractivity contribution in [3.63, 3.8) is 0 Å². The molecule has 0 spiro atoms. The van der Waals surface area contributed by atoms with Crippen molar-refractivity contribution >= 4 is 33.4 Å². The normalized spacial score (nSPS) is 12.4. The molecule has 3 N–H and O–H groups in total. The Morgan fingerprint density at radius 3 is 2.62 bits per heavy atom. The predicted molar refractivity (Wildman–Crippen MR) is 128 cm³/mol. The molecule has 3 rings (SSSR count). The number of aromatic nitrogens is 4. The molecule has 0 saturated heterocycles. The van der Waals surface area contributed by atoms with Crippen LogP contribution in [0.1, 0.15) is 24.7 Å². The van der Waals surface area contributed by atoms with Gasteiger partial charge in [-0.3, -0.25) is 4.72 Å². The van der Waals surface area contributed by atoms with Crippen LogP contribution in [0.3, 0.4) is 0 Å². The number of aliphatic hydroxyl groups is 1. The van der Waals surface area contributed by atoms with Crippen LogP contribution in [0.25, 0.3) is 0 Å². The molecule has 0 radical (unpaired) electrons. The summed E-state index contributed by atoms with van der Waals surface area (Å²) >= 11 is 1.13. The van der Waals surface area contributed by atoms with E-state index in [4.69, 9.17) is 4.74 Å². The summed E-state index contributed by atoms with van der Waals surface area (Å²) in [6.07, 6.45) is 2.02. The van der Waals surface area contributed by atoms with E-state index in [0.717, 1.165) is 11.8 Å². The van der Waals surface area contributed by atoms with Gasteiger partial charge in [0.15, 0.2) is 21.7 Å². The Kier molecular flexibility index (Phi) is 8.33. The van der Waals surface area contributed by atoms with Crippen molar-refractivity contribution in [3.05, 3.63) is 47.7 Å². The first-order chi connectivity index (χ1) is 16.2. The number of nitrogens with zero attached hydrogens (tertiary/aromatic N) is 4. The average Bonchev–Trinajstić information content (AvgIpc) is 3.15. The Morgan fingerprint density at radius 1 is 1.26 bits per heavy atom. The van der Waals surface area contributed by atoms with Crippen LogP contribution >= 0.6 is 11.8 Å². The lowest BCUT2D eigenvalue weighted by Gasteiger charge is -2.16. The topological polar surface area (TPSA) is 131 Å². The molecule has 0 aliphatic heterocycles. The number of anilines is 2. The molecule has 13 heteroatoms. The van der Waals surface area contributed by atoms with Gasteiger partial charge in [-0.2, -0.15) is 8.42 Å². The van der Waals surface area contributed by atoms with E-state index in [0.29, 0.717) is 23.6 Å². The van der Waals surface area contributed by atoms with Crippen LogP contribution in [0.4, 0.5) is 16.0 Å². The van der Waals surface area contributed by atoms with Crippen molar-refractivity contribution in [1.29, 1.82) is 0 Å². The fourth-order valence-corrected chi connectivity index (χ4v) is 4.78. The van der Waals surface area contributed by atoms with Crippen LogP contribution in [-0.2, 0) is 22.8 Å². The number of sulfonamides is 1. The van der Waals surface area contributed by atoms with Crippen molar-refractivity contribution in [3.8, 4) is 5.75 Å². The second-order valence-corrected chi connectivity index (χ2v) is 9.99. The van der Waals surface area contributed by atoms with Gasteiger partial charge in [0.25, 0.3) is 10.0 Å². The van der Waals surface area contributed by atoms with Gasteiger partial charge < -0.3 is 19.7 Å². The molecule has 1 atom stereocenters. The van der Waals surface area contributed by atoms with Gasteiger partial charge in [0.05, 0.1) is 19.8 Å². The zero-order valence-corrected chi connectivity index (χ0v) is 20.9. The summed E-state index contributed by atoms with van der Waals surface area (Å²) in [5.41, 5.74) is 0.388. The first-order valence-electron chi connectivity index (χ1n) is 10.4. The summed E-state index contributed by atoms with van der Waals surface area (Å²) < 4.78 is 49.2. The van der Waals surface area contributed by atoms with Gasteiger partial charge in [-0.05, 0) is 19.4 Å². The molecule has 0 bridgehead atoms. The van der Waals surface area contributed by atoms with Crippen LogP contribution in [0.2, 0.25) is 0 Å². The molecular weight excluding hydrogens is 483 g/mol. The first kappa shape index (κ1) is 25.7. The van der Waals surface area contributed by atoms with Gasteiger partial charge in [-0.1, -0.05) is 30.8 Å². The minimum Gasteiger partial charge on any atom is -0.494 e. The predicted octanol–water partition coefficient (Wildman–Crippen LogP) is 2.94. The minimum absolute atomic E-state index is 0.0159. The molecule has 0 aliphatic rings. The van der Waals surface area contributed by atoms with Gasteiger partial charge >= 0.3 is 0 Å². The van der Waals surface area contributed by atoms with E-state index in [1.165, 1.54) is 25.4 Å². The maximum Gasteiger partial charge on any atom is 0.282 e. The number of benzene rings is 1. The van der Waals surface area contributed by atoms with Crippen LogP contribution in [-0.4, -0.2) is 52.8 Å². The number of aliphatic hydroxyl groups excluding tert-OH is 1. The lowest BCUT2D eigenvalue weighted by atomic mass is 10.2. The van der Waals surface area contributed by atoms with Gasteiger partial charge in [-0.25, -0.2) is 19.3 Å². The van der Waals surface area contributed by atoms with E-state index in [1.54, 1.807) is 30.7 Å². The third-order valence-electron chi connectivity index (χ3n) is 4.99. The molecule has 0 fully saturated rings. The number of nitrogens with one attached hydrogen (secondary N) is 2. The SMILES string of the molecule is CC[C@H](CO)Nc1cc(NS(=O)(=O)c2cn(C)c(C)n2)nc(SCc2cccc(OC)c2F)n1. The molecule has 2 aromatic heterocycles. The van der Waals surface area contributed by atoms with E-state index in [2.05, 4.69) is 25.0 Å². The van der Waals surface area contributed by atoms with Gasteiger partial charge in [0.1, 0.15) is 17.5 Å². The molecule has 3 aromatic rings. The van der Waals surface area contributed by atoms with Crippen LogP contribution in [0.5, 0.6) is 5.75 Å². The van der Waals surface area contributed by atoms with Crippen LogP contribution in [0, 0.1) is 12.7 Å². The standard InChI is InChI=1S/C21H27FN6O4S2/c1-5-15(11-29)24-17-9-18(27-34(30,31)19-10-28(3)13(2)23-19)26-21(25-17)33-12-14-7-6-8-16(32-4)20(14)22/h6-10,15,29H,5,11-12H2,1-4H3,(H2,24,25,26,27)/t15-/m1/s1. The van der Waals surface area contributed by atoms with Crippen molar-refractivity contribution in [1.82, 2.24) is 19.5 Å². The third kappa shape index (κ3) is 6.15. The number of halogens is 1. The Bertz CT molecular complexity index is 1230. The highest BCUT2D eigenvalue weighted by molar-refractivity contribution is 7.98. The van der Waals surface area contributed by atoms with Gasteiger partial charge in [0, 0.05) is 30.6 Å². The number of imidazole rings is 1. The second-order valence-electron chi connectivity index (χ2n) is 7.42. The largest absolute Gasteiger partial charge is 0.494 e. The Hall–Kier alpha value is -2.90. The second kappa shape index (κ2) is 11.0. The molecule has 34 heavy (non-hydrogen) atoms. The highest BCUT2D eigenvalue weighted by Crippen LogP contribution is 2.28. The molecule has 0 unspecified atom stereocenters. The molecule has 184 valence electrons. The molecule has 10 nitrogen and oxygen atoms in total. The van der Waals surface area contributed by atoms with Gasteiger partial charge in [-0.15, -0.1) is 0 Å². The maximum atomic E-state index is 14.5. The lowest BCUT2D eigenvalue weighted by molar-refractivity contribution is 0.271. The lowest BCUT2D eigenvalue weighted by Crippen LogP contribution is -2.23. The Labute approximate surface area is 202 Å². The van der Waals surface area contributed by atoms with E-state index in [-0.39, 0.29) is 40.2 Å². The molecule has 1 aromatic carbocycles. The molecule has 2 heterocycles. The molecule has 0 aliphatic carbocycles. The number of rotatable bonds is 11. The Balaban J connectivity index is 1.90. The summed E-state index contributed by atoms with van der Waals surface area (Å²) in [5, 5.41) is 12.7. The Morgan fingerprint density at radius 2 is 2.00 bits per heavy atom. The minimum atomic E-state index is -4.01. The third-order valence-corrected chi connectivity index (χ3v) is 7.11. The highest BCUT2D eigenvalue weighted by atomic mass is 32.2. The van der Waals surface area contributed by atoms with Crippen molar-refractivity contribution in [2.24, 2.45) is 7.05 Å². The fraction of sp³-hybridized carbons (Fsp3) is 0.381. The van der Waals surface area contributed by atoms with E-state index < -0.39 is 15.8 Å². The van der Waals surface area contributed by atoms with E-state index in [9.17, 15) is 17.9 Å². The maximum absolute atomic E-state index is 14.5.